The number of hydrogen-bond donors (Lipinski definition) is 0. The third-order valence-corrected chi connectivity index (χ3v) is 3.35. The largest absolute Gasteiger partial charge is 0.481 e. The Morgan fingerprint density at radius 1 is 1.50 bits per heavy atom. The highest BCUT2D eigenvalue weighted by Gasteiger charge is 2.16. The second kappa shape index (κ2) is 5.86. The molecule has 5 nitrogen and oxygen atoms in total. The zero-order valence-corrected chi connectivity index (χ0v) is 12.1. The molecule has 20 heavy (non-hydrogen) atoms. The molecule has 106 valence electrons. The van der Waals surface area contributed by atoms with Crippen molar-refractivity contribution < 1.29 is 9.53 Å². The third kappa shape index (κ3) is 2.43. The Balaban J connectivity index is 2.51. The van der Waals surface area contributed by atoms with Crippen molar-refractivity contribution in [1.29, 1.82) is 0 Å². The molecule has 0 unspecified atom stereocenters. The Labute approximate surface area is 118 Å². The zero-order chi connectivity index (χ0) is 14.7. The van der Waals surface area contributed by atoms with Crippen molar-refractivity contribution in [3.05, 3.63) is 35.8 Å². The van der Waals surface area contributed by atoms with E-state index in [4.69, 9.17) is 4.74 Å². The maximum absolute atomic E-state index is 12.0. The predicted molar refractivity (Wildman–Crippen MR) is 77.4 cm³/mol. The molecule has 0 spiro atoms. The Hall–Kier alpha value is -2.17. The van der Waals surface area contributed by atoms with Crippen LogP contribution < -0.4 is 4.74 Å². The van der Waals surface area contributed by atoms with Gasteiger partial charge in [0.05, 0.1) is 7.11 Å². The summed E-state index contributed by atoms with van der Waals surface area (Å²) < 4.78 is 7.15. The van der Waals surface area contributed by atoms with Crippen molar-refractivity contribution in [2.75, 3.05) is 7.11 Å². The van der Waals surface area contributed by atoms with Crippen LogP contribution in [0.2, 0.25) is 0 Å². The number of aryl methyl sites for hydroxylation is 1. The first-order valence-corrected chi connectivity index (χ1v) is 6.69. The van der Waals surface area contributed by atoms with E-state index in [0.29, 0.717) is 30.2 Å². The lowest BCUT2D eigenvalue weighted by molar-refractivity contribution is 0.0979. The van der Waals surface area contributed by atoms with Crippen LogP contribution in [-0.4, -0.2) is 27.3 Å². The number of hydrogen-bond acceptors (Lipinski definition) is 4. The molecular weight excluding hydrogens is 254 g/mol. The van der Waals surface area contributed by atoms with Gasteiger partial charge in [-0.15, -0.1) is 6.58 Å². The highest BCUT2D eigenvalue weighted by Crippen LogP contribution is 2.22. The van der Waals surface area contributed by atoms with Crippen LogP contribution in [0.3, 0.4) is 0 Å². The summed E-state index contributed by atoms with van der Waals surface area (Å²) in [4.78, 5) is 20.7. The van der Waals surface area contributed by atoms with Crippen LogP contribution in [0.15, 0.2) is 18.9 Å². The Bertz CT molecular complexity index is 659. The van der Waals surface area contributed by atoms with E-state index in [9.17, 15) is 4.79 Å². The fourth-order valence-electron chi connectivity index (χ4n) is 2.23. The lowest BCUT2D eigenvalue weighted by atomic mass is 10.2. The minimum absolute atomic E-state index is 0.00631. The number of methoxy groups -OCH3 is 1. The van der Waals surface area contributed by atoms with Crippen molar-refractivity contribution in [3.63, 3.8) is 0 Å². The van der Waals surface area contributed by atoms with Crippen molar-refractivity contribution >= 4 is 11.6 Å². The monoisotopic (exact) mass is 273 g/mol. The summed E-state index contributed by atoms with van der Waals surface area (Å²) in [5.74, 6) is 1.08. The molecule has 0 aliphatic rings. The van der Waals surface area contributed by atoms with Gasteiger partial charge >= 0.3 is 0 Å². The molecule has 0 bridgehead atoms. The number of nitrogens with zero attached hydrogens (tertiary/aromatic N) is 3. The van der Waals surface area contributed by atoms with Gasteiger partial charge in [0.25, 0.3) is 0 Å². The Morgan fingerprint density at radius 3 is 2.85 bits per heavy atom. The van der Waals surface area contributed by atoms with Crippen molar-refractivity contribution in [2.45, 2.75) is 33.1 Å². The molecular formula is C15H19N3O2. The van der Waals surface area contributed by atoms with E-state index in [1.807, 2.05) is 18.2 Å². The van der Waals surface area contributed by atoms with Crippen LogP contribution in [0.1, 0.15) is 41.5 Å². The maximum Gasteiger partial charge on any atom is 0.237 e. The van der Waals surface area contributed by atoms with Crippen LogP contribution in [0, 0.1) is 6.92 Å². The average Bonchev–Trinajstić information content (AvgIpc) is 2.88. The highest BCUT2D eigenvalue weighted by molar-refractivity contribution is 5.94. The molecule has 0 aliphatic heterocycles. The molecule has 2 aromatic rings. The summed E-state index contributed by atoms with van der Waals surface area (Å²) in [5, 5.41) is 0. The summed E-state index contributed by atoms with van der Waals surface area (Å²) >= 11 is 0. The minimum atomic E-state index is 0.00631. The summed E-state index contributed by atoms with van der Waals surface area (Å²) in [6.45, 7) is 7.65. The number of aromatic nitrogens is 3. The first-order valence-electron chi connectivity index (χ1n) is 6.69. The number of ether oxygens (including phenoxy) is 1. The SMILES string of the molecule is C=CCCC(=O)c1cn2c(C)c(CC)c(OC)nc2n1. The average molecular weight is 273 g/mol. The number of carbonyl (C=O) groups is 1. The van der Waals surface area contributed by atoms with Crippen LogP contribution >= 0.6 is 0 Å². The molecule has 0 N–H and O–H groups in total. The molecule has 0 radical (unpaired) electrons. The Morgan fingerprint density at radius 2 is 2.25 bits per heavy atom. The van der Waals surface area contributed by atoms with Gasteiger partial charge in [0.15, 0.2) is 5.78 Å². The van der Waals surface area contributed by atoms with Crippen LogP contribution in [-0.2, 0) is 6.42 Å². The van der Waals surface area contributed by atoms with E-state index in [-0.39, 0.29) is 5.78 Å². The lowest BCUT2D eigenvalue weighted by Gasteiger charge is -2.10. The maximum atomic E-state index is 12.0. The van der Waals surface area contributed by atoms with Gasteiger partial charge in [-0.1, -0.05) is 13.0 Å². The van der Waals surface area contributed by atoms with Gasteiger partial charge in [-0.2, -0.15) is 4.98 Å². The fraction of sp³-hybridized carbons (Fsp3) is 0.400. The zero-order valence-electron chi connectivity index (χ0n) is 12.1. The first-order chi connectivity index (χ1) is 9.62. The molecule has 2 rings (SSSR count). The van der Waals surface area contributed by atoms with E-state index >= 15 is 0 Å². The summed E-state index contributed by atoms with van der Waals surface area (Å²) in [6, 6.07) is 0. The normalized spacial score (nSPS) is 10.8. The van der Waals surface area contributed by atoms with Crippen LogP contribution in [0.5, 0.6) is 5.88 Å². The number of carbonyl (C=O) groups excluding carboxylic acids is 1. The molecule has 0 atom stereocenters. The van der Waals surface area contributed by atoms with Gasteiger partial charge in [0.2, 0.25) is 11.7 Å². The number of Topliss-reactive ketones (excluding diaryl/α,β-unsaturated/α-hetero) is 1. The van der Waals surface area contributed by atoms with Crippen LogP contribution in [0.4, 0.5) is 0 Å². The van der Waals surface area contributed by atoms with Gasteiger partial charge in [0, 0.05) is 23.9 Å². The van der Waals surface area contributed by atoms with E-state index in [1.165, 1.54) is 0 Å². The summed E-state index contributed by atoms with van der Waals surface area (Å²) in [6.07, 6.45) is 5.37. The molecule has 0 aliphatic carbocycles. The third-order valence-electron chi connectivity index (χ3n) is 3.35. The second-order valence-electron chi connectivity index (χ2n) is 4.59. The van der Waals surface area contributed by atoms with Crippen molar-refractivity contribution in [3.8, 4) is 5.88 Å². The van der Waals surface area contributed by atoms with E-state index in [2.05, 4.69) is 16.5 Å². The molecule has 0 aromatic carbocycles. The Kier molecular flexibility index (Phi) is 4.17. The first kappa shape index (κ1) is 14.2. The molecule has 0 saturated heterocycles. The molecule has 5 heteroatoms. The van der Waals surface area contributed by atoms with Gasteiger partial charge in [0.1, 0.15) is 5.69 Å². The summed E-state index contributed by atoms with van der Waals surface area (Å²) in [5.41, 5.74) is 2.48. The topological polar surface area (TPSA) is 56.5 Å². The van der Waals surface area contributed by atoms with E-state index in [0.717, 1.165) is 17.7 Å². The quantitative estimate of drug-likeness (QED) is 0.600. The van der Waals surface area contributed by atoms with E-state index < -0.39 is 0 Å². The fourth-order valence-corrected chi connectivity index (χ4v) is 2.23. The number of ketones is 1. The predicted octanol–water partition coefficient (Wildman–Crippen LogP) is 2.76. The number of fused-ring (bicyclic) bond motifs is 1. The molecule has 0 fully saturated rings. The molecule has 0 saturated carbocycles. The number of rotatable bonds is 6. The smallest absolute Gasteiger partial charge is 0.237 e. The number of imidazole rings is 1. The van der Waals surface area contributed by atoms with E-state index in [1.54, 1.807) is 19.4 Å². The minimum Gasteiger partial charge on any atom is -0.481 e. The van der Waals surface area contributed by atoms with Crippen LogP contribution in [0.25, 0.3) is 5.78 Å². The highest BCUT2D eigenvalue weighted by atomic mass is 16.5. The van der Waals surface area contributed by atoms with Gasteiger partial charge < -0.3 is 4.74 Å². The van der Waals surface area contributed by atoms with Gasteiger partial charge in [-0.25, -0.2) is 4.98 Å². The molecule has 2 aromatic heterocycles. The van der Waals surface area contributed by atoms with Crippen molar-refractivity contribution in [1.82, 2.24) is 14.4 Å². The molecule has 0 amide bonds. The summed E-state index contributed by atoms with van der Waals surface area (Å²) in [7, 11) is 1.59. The lowest BCUT2D eigenvalue weighted by Crippen LogP contribution is -2.03. The van der Waals surface area contributed by atoms with Crippen molar-refractivity contribution in [2.24, 2.45) is 0 Å². The number of allylic oxidation sites excluding steroid dienone is 1. The van der Waals surface area contributed by atoms with Gasteiger partial charge in [-0.3, -0.25) is 9.20 Å². The molecule has 2 heterocycles. The standard InChI is InChI=1S/C15H19N3O2/c1-5-7-8-13(19)12-9-18-10(3)11(6-2)14(20-4)17-15(18)16-12/h5,9H,1,6-8H2,2-4H3. The van der Waals surface area contributed by atoms with Gasteiger partial charge in [-0.05, 0) is 19.8 Å². The second-order valence-corrected chi connectivity index (χ2v) is 4.59.